The van der Waals surface area contributed by atoms with Crippen LogP contribution in [-0.2, 0) is 9.47 Å². The number of hydrogen-bond donors (Lipinski definition) is 0. The molecule has 6 nitrogen and oxygen atoms in total. The molecule has 31 heavy (non-hydrogen) atoms. The number of hydrogen-bond acceptors (Lipinski definition) is 6. The maximum absolute atomic E-state index is 12.0. The van der Waals surface area contributed by atoms with Gasteiger partial charge in [-0.15, -0.1) is 0 Å². The van der Waals surface area contributed by atoms with Crippen LogP contribution < -0.4 is 0 Å². The molecule has 2 aromatic rings. The van der Waals surface area contributed by atoms with Gasteiger partial charge in [-0.05, 0) is 56.6 Å². The van der Waals surface area contributed by atoms with Crippen molar-refractivity contribution in [2.75, 3.05) is 52.5 Å². The Kier molecular flexibility index (Phi) is 9.54. The van der Waals surface area contributed by atoms with Crippen molar-refractivity contribution < 1.29 is 19.1 Å². The molecule has 3 rings (SSSR count). The molecule has 0 bridgehead atoms. The number of ether oxygens (including phenoxy) is 2. The molecule has 1 saturated heterocycles. The molecule has 1 heterocycles. The highest BCUT2D eigenvalue weighted by molar-refractivity contribution is 5.89. The van der Waals surface area contributed by atoms with Crippen molar-refractivity contribution in [2.24, 2.45) is 0 Å². The Bertz CT molecular complexity index is 730. The molecule has 0 N–H and O–H groups in total. The van der Waals surface area contributed by atoms with E-state index in [1.807, 2.05) is 36.4 Å². The van der Waals surface area contributed by atoms with E-state index in [4.69, 9.17) is 9.47 Å². The van der Waals surface area contributed by atoms with Gasteiger partial charge in [0.05, 0.1) is 24.3 Å². The monoisotopic (exact) mass is 424 g/mol. The highest BCUT2D eigenvalue weighted by atomic mass is 16.5. The summed E-state index contributed by atoms with van der Waals surface area (Å²) in [6, 6.07) is 18.2. The Morgan fingerprint density at radius 3 is 1.48 bits per heavy atom. The van der Waals surface area contributed by atoms with Crippen molar-refractivity contribution in [2.45, 2.75) is 19.3 Å². The van der Waals surface area contributed by atoms with Crippen molar-refractivity contribution >= 4 is 11.9 Å². The van der Waals surface area contributed by atoms with E-state index in [2.05, 4.69) is 9.80 Å². The second-order valence-corrected chi connectivity index (χ2v) is 7.75. The minimum atomic E-state index is -0.254. The van der Waals surface area contributed by atoms with E-state index in [0.29, 0.717) is 24.3 Å². The number of carbonyl (C=O) groups excluding carboxylic acids is 2. The third-order valence-electron chi connectivity index (χ3n) is 5.40. The van der Waals surface area contributed by atoms with E-state index in [1.54, 1.807) is 24.3 Å². The van der Waals surface area contributed by atoms with E-state index in [0.717, 1.165) is 58.5 Å². The zero-order valence-corrected chi connectivity index (χ0v) is 18.1. The van der Waals surface area contributed by atoms with Gasteiger partial charge in [-0.3, -0.25) is 0 Å². The Labute approximate surface area is 184 Å². The molecular formula is C25H32N2O4. The third-order valence-corrected chi connectivity index (χ3v) is 5.40. The summed E-state index contributed by atoms with van der Waals surface area (Å²) in [4.78, 5) is 28.8. The Morgan fingerprint density at radius 2 is 1.06 bits per heavy atom. The lowest BCUT2D eigenvalue weighted by molar-refractivity contribution is 0.0476. The number of carbonyl (C=O) groups is 2. The second kappa shape index (κ2) is 12.9. The van der Waals surface area contributed by atoms with E-state index in [9.17, 15) is 9.59 Å². The van der Waals surface area contributed by atoms with Gasteiger partial charge in [-0.2, -0.15) is 0 Å². The zero-order chi connectivity index (χ0) is 21.7. The molecule has 0 atom stereocenters. The van der Waals surface area contributed by atoms with Gasteiger partial charge in [-0.25, -0.2) is 9.59 Å². The summed E-state index contributed by atoms with van der Waals surface area (Å²) in [5.41, 5.74) is 1.20. The quantitative estimate of drug-likeness (QED) is 0.430. The normalized spacial score (nSPS) is 15.2. The predicted molar refractivity (Wildman–Crippen MR) is 120 cm³/mol. The van der Waals surface area contributed by atoms with E-state index < -0.39 is 0 Å². The van der Waals surface area contributed by atoms with E-state index in [1.165, 1.54) is 0 Å². The molecule has 1 aliphatic rings. The zero-order valence-electron chi connectivity index (χ0n) is 18.1. The summed E-state index contributed by atoms with van der Waals surface area (Å²) in [6.45, 7) is 6.90. The molecule has 0 radical (unpaired) electrons. The van der Waals surface area contributed by atoms with Crippen molar-refractivity contribution in [3.8, 4) is 0 Å². The molecule has 1 aliphatic heterocycles. The summed E-state index contributed by atoms with van der Waals surface area (Å²) in [7, 11) is 0. The predicted octanol–water partition coefficient (Wildman–Crippen LogP) is 3.49. The molecular weight excluding hydrogens is 392 g/mol. The van der Waals surface area contributed by atoms with Crippen LogP contribution in [0.25, 0.3) is 0 Å². The summed E-state index contributed by atoms with van der Waals surface area (Å²) in [5.74, 6) is -0.508. The van der Waals surface area contributed by atoms with Crippen LogP contribution in [0.2, 0.25) is 0 Å². The number of esters is 2. The van der Waals surface area contributed by atoms with Crippen molar-refractivity contribution in [1.29, 1.82) is 0 Å². The van der Waals surface area contributed by atoms with Gasteiger partial charge < -0.3 is 19.3 Å². The largest absolute Gasteiger partial charge is 0.462 e. The maximum atomic E-state index is 12.0. The van der Waals surface area contributed by atoms with E-state index >= 15 is 0 Å². The summed E-state index contributed by atoms with van der Waals surface area (Å²) in [5, 5.41) is 0. The Hall–Kier alpha value is -2.70. The fraction of sp³-hybridized carbons (Fsp3) is 0.440. The fourth-order valence-corrected chi connectivity index (χ4v) is 3.69. The molecule has 0 aliphatic carbocycles. The summed E-state index contributed by atoms with van der Waals surface area (Å²) >= 11 is 0. The first-order chi connectivity index (χ1) is 15.2. The summed E-state index contributed by atoms with van der Waals surface area (Å²) in [6.07, 6.45) is 2.80. The van der Waals surface area contributed by atoms with Crippen LogP contribution in [-0.4, -0.2) is 74.2 Å². The molecule has 2 aromatic carbocycles. The standard InChI is InChI=1S/C25H32N2O4/c28-24(22-10-3-1-4-11-22)30-20-8-16-26-14-7-15-27(19-18-26)17-9-21-31-25(29)23-12-5-2-6-13-23/h1-6,10-13H,7-9,14-21H2. The van der Waals surface area contributed by atoms with Gasteiger partial charge in [0.15, 0.2) is 0 Å². The first-order valence-corrected chi connectivity index (χ1v) is 11.1. The number of rotatable bonds is 10. The molecule has 0 unspecified atom stereocenters. The minimum Gasteiger partial charge on any atom is -0.462 e. The Morgan fingerprint density at radius 1 is 0.645 bits per heavy atom. The molecule has 0 amide bonds. The minimum absolute atomic E-state index is 0.254. The van der Waals surface area contributed by atoms with Crippen LogP contribution in [0.5, 0.6) is 0 Å². The average molecular weight is 425 g/mol. The molecule has 0 aromatic heterocycles. The van der Waals surface area contributed by atoms with Crippen molar-refractivity contribution in [1.82, 2.24) is 9.80 Å². The lowest BCUT2D eigenvalue weighted by Crippen LogP contribution is -2.32. The van der Waals surface area contributed by atoms with Crippen LogP contribution >= 0.6 is 0 Å². The first kappa shape index (κ1) is 23.0. The smallest absolute Gasteiger partial charge is 0.338 e. The van der Waals surface area contributed by atoms with Crippen LogP contribution in [0, 0.1) is 0 Å². The van der Waals surface area contributed by atoms with Gasteiger partial charge in [0.2, 0.25) is 0 Å². The van der Waals surface area contributed by atoms with Crippen LogP contribution in [0.1, 0.15) is 40.0 Å². The highest BCUT2D eigenvalue weighted by Gasteiger charge is 2.15. The molecule has 0 spiro atoms. The van der Waals surface area contributed by atoms with Crippen LogP contribution in [0.15, 0.2) is 60.7 Å². The van der Waals surface area contributed by atoms with Gasteiger partial charge in [-0.1, -0.05) is 36.4 Å². The highest BCUT2D eigenvalue weighted by Crippen LogP contribution is 2.07. The van der Waals surface area contributed by atoms with Crippen LogP contribution in [0.3, 0.4) is 0 Å². The summed E-state index contributed by atoms with van der Waals surface area (Å²) < 4.78 is 10.7. The SMILES string of the molecule is O=C(OCCCN1CCCN(CCCOC(=O)c2ccccc2)CC1)c1ccccc1. The topological polar surface area (TPSA) is 59.1 Å². The molecule has 166 valence electrons. The average Bonchev–Trinajstić information content (AvgIpc) is 3.05. The lowest BCUT2D eigenvalue weighted by atomic mass is 10.2. The maximum Gasteiger partial charge on any atom is 0.338 e. The molecule has 1 fully saturated rings. The third kappa shape index (κ3) is 8.15. The van der Waals surface area contributed by atoms with Crippen LogP contribution in [0.4, 0.5) is 0 Å². The number of benzene rings is 2. The van der Waals surface area contributed by atoms with Gasteiger partial charge >= 0.3 is 11.9 Å². The molecule has 6 heteroatoms. The first-order valence-electron chi connectivity index (χ1n) is 11.1. The lowest BCUT2D eigenvalue weighted by Gasteiger charge is -2.21. The van der Waals surface area contributed by atoms with Crippen molar-refractivity contribution in [3.63, 3.8) is 0 Å². The Balaban J connectivity index is 1.25. The van der Waals surface area contributed by atoms with Gasteiger partial charge in [0.25, 0.3) is 0 Å². The van der Waals surface area contributed by atoms with Crippen molar-refractivity contribution in [3.05, 3.63) is 71.8 Å². The van der Waals surface area contributed by atoms with Gasteiger partial charge in [0, 0.05) is 26.2 Å². The van der Waals surface area contributed by atoms with E-state index in [-0.39, 0.29) is 11.9 Å². The number of nitrogens with zero attached hydrogens (tertiary/aromatic N) is 2. The second-order valence-electron chi connectivity index (χ2n) is 7.75. The fourth-order valence-electron chi connectivity index (χ4n) is 3.69. The molecule has 0 saturated carbocycles. The van der Waals surface area contributed by atoms with Gasteiger partial charge in [0.1, 0.15) is 0 Å².